The van der Waals surface area contributed by atoms with Crippen molar-refractivity contribution in [3.05, 3.63) is 12.2 Å². The average molecular weight is 928 g/mol. The highest BCUT2D eigenvalue weighted by molar-refractivity contribution is 7.45. The zero-order chi connectivity index (χ0) is 47.1. The van der Waals surface area contributed by atoms with Gasteiger partial charge in [0, 0.05) is 12.8 Å². The van der Waals surface area contributed by atoms with Crippen LogP contribution in [0.4, 0.5) is 0 Å². The predicted molar refractivity (Wildman–Crippen MR) is 268 cm³/mol. The van der Waals surface area contributed by atoms with Crippen LogP contribution in [0, 0.1) is 0 Å². The SMILES string of the molecule is CCCC/C=C\CCCCCCCC(=O)OC(COC(=O)CCCCCCCCCCCCCCCCCCCCCCCCCCCCCCC)COP(=O)([O-])OCC[N+](C)(C)C. The first kappa shape index (κ1) is 62.8. The van der Waals surface area contributed by atoms with Gasteiger partial charge >= 0.3 is 11.9 Å². The molecule has 0 aromatic rings. The molecule has 2 atom stereocenters. The second-order valence-corrected chi connectivity index (χ2v) is 21.4. The third-order valence-electron chi connectivity index (χ3n) is 12.3. The van der Waals surface area contributed by atoms with Crippen LogP contribution in [0.25, 0.3) is 0 Å². The Labute approximate surface area is 396 Å². The molecule has 0 radical (unpaired) electrons. The van der Waals surface area contributed by atoms with Crippen molar-refractivity contribution >= 4 is 19.8 Å². The number of rotatable bonds is 51. The number of esters is 2. The standard InChI is InChI=1S/C54H106NO8P/c1-6-8-10-12-14-16-18-19-20-21-22-23-24-25-26-27-28-29-30-31-32-33-34-35-37-38-40-42-44-46-53(56)60-50-52(51-62-64(58,59)61-49-48-55(3,4)5)63-54(57)47-45-43-41-39-36-17-15-13-11-9-7-2/h13,15,52H,6-12,14,16-51H2,1-5H3/b15-13-. The summed E-state index contributed by atoms with van der Waals surface area (Å²) in [4.78, 5) is 37.6. The van der Waals surface area contributed by atoms with Crippen LogP contribution in [0.1, 0.15) is 271 Å². The number of likely N-dealkylation sites (N-methyl/N-ethyl adjacent to an activating group) is 1. The maximum absolute atomic E-state index is 12.7. The fourth-order valence-electron chi connectivity index (χ4n) is 7.99. The Morgan fingerprint density at radius 3 is 1.20 bits per heavy atom. The number of quaternary nitrogens is 1. The normalized spacial score (nSPS) is 13.4. The molecule has 0 spiro atoms. The molecule has 0 heterocycles. The topological polar surface area (TPSA) is 111 Å². The molecular formula is C54H106NO8P. The van der Waals surface area contributed by atoms with E-state index in [0.29, 0.717) is 17.4 Å². The molecular weight excluding hydrogens is 822 g/mol. The summed E-state index contributed by atoms with van der Waals surface area (Å²) < 4.78 is 34.0. The van der Waals surface area contributed by atoms with Crippen LogP contribution in [0.3, 0.4) is 0 Å². The molecule has 9 nitrogen and oxygen atoms in total. The molecule has 0 aliphatic rings. The molecule has 0 aliphatic heterocycles. The summed E-state index contributed by atoms with van der Waals surface area (Å²) >= 11 is 0. The van der Waals surface area contributed by atoms with Crippen molar-refractivity contribution in [2.24, 2.45) is 0 Å². The van der Waals surface area contributed by atoms with Gasteiger partial charge in [0.1, 0.15) is 19.8 Å². The van der Waals surface area contributed by atoms with Crippen LogP contribution < -0.4 is 4.89 Å². The Kier molecular flexibility index (Phi) is 45.9. The van der Waals surface area contributed by atoms with Gasteiger partial charge in [0.15, 0.2) is 6.10 Å². The molecule has 0 fully saturated rings. The minimum Gasteiger partial charge on any atom is -0.756 e. The first-order valence-corrected chi connectivity index (χ1v) is 28.9. The highest BCUT2D eigenvalue weighted by atomic mass is 31.2. The quantitative estimate of drug-likeness (QED) is 0.0195. The number of unbranched alkanes of at least 4 members (excludes halogenated alkanes) is 35. The van der Waals surface area contributed by atoms with Crippen LogP contribution in [0.2, 0.25) is 0 Å². The van der Waals surface area contributed by atoms with E-state index in [1.165, 1.54) is 180 Å². The second-order valence-electron chi connectivity index (χ2n) is 20.0. The van der Waals surface area contributed by atoms with E-state index in [-0.39, 0.29) is 32.0 Å². The molecule has 64 heavy (non-hydrogen) atoms. The minimum absolute atomic E-state index is 0.0292. The van der Waals surface area contributed by atoms with Gasteiger partial charge < -0.3 is 27.9 Å². The molecule has 0 saturated carbocycles. The predicted octanol–water partition coefficient (Wildman–Crippen LogP) is 15.8. The zero-order valence-electron chi connectivity index (χ0n) is 43.0. The Morgan fingerprint density at radius 1 is 0.469 bits per heavy atom. The van der Waals surface area contributed by atoms with Crippen molar-refractivity contribution < 1.29 is 42.1 Å². The van der Waals surface area contributed by atoms with E-state index in [1.807, 2.05) is 21.1 Å². The van der Waals surface area contributed by atoms with E-state index in [1.54, 1.807) is 0 Å². The maximum Gasteiger partial charge on any atom is 0.306 e. The van der Waals surface area contributed by atoms with E-state index in [4.69, 9.17) is 18.5 Å². The van der Waals surface area contributed by atoms with E-state index in [2.05, 4.69) is 26.0 Å². The van der Waals surface area contributed by atoms with Gasteiger partial charge in [-0.2, -0.15) is 0 Å². The van der Waals surface area contributed by atoms with E-state index < -0.39 is 26.5 Å². The lowest BCUT2D eigenvalue weighted by atomic mass is 10.0. The van der Waals surface area contributed by atoms with Crippen molar-refractivity contribution in [1.82, 2.24) is 0 Å². The molecule has 0 rings (SSSR count). The van der Waals surface area contributed by atoms with Crippen LogP contribution >= 0.6 is 7.82 Å². The minimum atomic E-state index is -4.62. The first-order valence-electron chi connectivity index (χ1n) is 27.4. The van der Waals surface area contributed by atoms with Gasteiger partial charge in [-0.1, -0.05) is 238 Å². The molecule has 0 aromatic heterocycles. The van der Waals surface area contributed by atoms with Gasteiger partial charge in [-0.25, -0.2) is 0 Å². The number of nitrogens with zero attached hydrogens (tertiary/aromatic N) is 1. The van der Waals surface area contributed by atoms with Crippen LogP contribution in [-0.4, -0.2) is 70.0 Å². The van der Waals surface area contributed by atoms with E-state index >= 15 is 0 Å². The third-order valence-corrected chi connectivity index (χ3v) is 13.2. The number of phosphoric acid groups is 1. The molecule has 0 saturated heterocycles. The van der Waals surface area contributed by atoms with Gasteiger partial charge in [0.2, 0.25) is 0 Å². The van der Waals surface area contributed by atoms with Gasteiger partial charge in [-0.05, 0) is 32.1 Å². The summed E-state index contributed by atoms with van der Waals surface area (Å²) in [5.74, 6) is -0.832. The van der Waals surface area contributed by atoms with Crippen molar-refractivity contribution in [3.63, 3.8) is 0 Å². The van der Waals surface area contributed by atoms with E-state index in [9.17, 15) is 19.0 Å². The zero-order valence-corrected chi connectivity index (χ0v) is 43.9. The van der Waals surface area contributed by atoms with Crippen LogP contribution in [-0.2, 0) is 32.7 Å². The number of hydrogen-bond donors (Lipinski definition) is 0. The fraction of sp³-hybridized carbons (Fsp3) is 0.926. The number of hydrogen-bond acceptors (Lipinski definition) is 8. The monoisotopic (exact) mass is 928 g/mol. The van der Waals surface area contributed by atoms with Crippen molar-refractivity contribution in [3.8, 4) is 0 Å². The Hall–Kier alpha value is -1.25. The molecule has 380 valence electrons. The highest BCUT2D eigenvalue weighted by Crippen LogP contribution is 2.38. The highest BCUT2D eigenvalue weighted by Gasteiger charge is 2.21. The largest absolute Gasteiger partial charge is 0.756 e. The summed E-state index contributed by atoms with van der Waals surface area (Å²) in [7, 11) is 1.17. The Bertz CT molecular complexity index is 1100. The summed E-state index contributed by atoms with van der Waals surface area (Å²) in [6.45, 7) is 4.22. The molecule has 0 amide bonds. The number of ether oxygens (including phenoxy) is 2. The lowest BCUT2D eigenvalue weighted by Gasteiger charge is -2.28. The fourth-order valence-corrected chi connectivity index (χ4v) is 8.72. The third kappa shape index (κ3) is 50.2. The lowest BCUT2D eigenvalue weighted by molar-refractivity contribution is -0.870. The number of phosphoric ester groups is 1. The number of carbonyl (C=O) groups is 2. The smallest absolute Gasteiger partial charge is 0.306 e. The molecule has 2 unspecified atom stereocenters. The lowest BCUT2D eigenvalue weighted by Crippen LogP contribution is -2.37. The average Bonchev–Trinajstić information content (AvgIpc) is 3.25. The molecule has 0 aromatic carbocycles. The van der Waals surface area contributed by atoms with Crippen molar-refractivity contribution in [1.29, 1.82) is 0 Å². The van der Waals surface area contributed by atoms with Gasteiger partial charge in [-0.3, -0.25) is 14.2 Å². The van der Waals surface area contributed by atoms with Crippen LogP contribution in [0.5, 0.6) is 0 Å². The summed E-state index contributed by atoms with van der Waals surface area (Å²) in [6, 6.07) is 0. The summed E-state index contributed by atoms with van der Waals surface area (Å²) in [5.41, 5.74) is 0. The summed E-state index contributed by atoms with van der Waals surface area (Å²) in [5, 5.41) is 0. The summed E-state index contributed by atoms with van der Waals surface area (Å²) in [6.07, 6.45) is 52.8. The molecule has 0 bridgehead atoms. The van der Waals surface area contributed by atoms with Crippen molar-refractivity contribution in [2.75, 3.05) is 47.5 Å². The maximum atomic E-state index is 12.7. The van der Waals surface area contributed by atoms with E-state index in [0.717, 1.165) is 57.8 Å². The molecule has 0 aliphatic carbocycles. The van der Waals surface area contributed by atoms with Crippen LogP contribution in [0.15, 0.2) is 12.2 Å². The number of allylic oxidation sites excluding steroid dienone is 2. The van der Waals surface area contributed by atoms with Gasteiger partial charge in [-0.15, -0.1) is 0 Å². The second kappa shape index (κ2) is 46.8. The van der Waals surface area contributed by atoms with Gasteiger partial charge in [0.25, 0.3) is 7.82 Å². The molecule has 10 heteroatoms. The van der Waals surface area contributed by atoms with Crippen molar-refractivity contribution in [2.45, 2.75) is 277 Å². The molecule has 0 N–H and O–H groups in total. The Balaban J connectivity index is 3.97. The first-order chi connectivity index (χ1) is 31.0. The number of carbonyl (C=O) groups excluding carboxylic acids is 2. The van der Waals surface area contributed by atoms with Gasteiger partial charge in [0.05, 0.1) is 27.7 Å². The Morgan fingerprint density at radius 2 is 0.812 bits per heavy atom.